The Hall–Kier alpha value is -3.44. The number of amides is 1. The van der Waals surface area contributed by atoms with Gasteiger partial charge in [-0.15, -0.1) is 11.3 Å². The standard InChI is InChI=1S/C27H25N3OS/c31-26(17-23-19-32-27(28-23)16-20-8-2-1-3-9-20)29-24-12-6-4-11-22(24)18-30-15-14-21-10-5-7-13-25(21)30/h1-13,19H,14-18H2,(H,29,31). The third kappa shape index (κ3) is 4.73. The third-order valence-corrected chi connectivity index (χ3v) is 6.67. The summed E-state index contributed by atoms with van der Waals surface area (Å²) in [7, 11) is 0. The average Bonchev–Trinajstić information content (AvgIpc) is 3.42. The maximum absolute atomic E-state index is 12.8. The minimum atomic E-state index is -0.0316. The molecule has 0 radical (unpaired) electrons. The minimum absolute atomic E-state index is 0.0316. The van der Waals surface area contributed by atoms with Gasteiger partial charge in [-0.1, -0.05) is 66.7 Å². The Morgan fingerprint density at radius 1 is 0.969 bits per heavy atom. The Bertz CT molecular complexity index is 1220. The summed E-state index contributed by atoms with van der Waals surface area (Å²) in [5, 5.41) is 6.14. The molecule has 4 aromatic rings. The van der Waals surface area contributed by atoms with E-state index in [-0.39, 0.29) is 12.3 Å². The van der Waals surface area contributed by atoms with Gasteiger partial charge in [0.15, 0.2) is 0 Å². The molecule has 0 aliphatic carbocycles. The number of anilines is 2. The molecule has 0 saturated heterocycles. The number of nitrogens with zero attached hydrogens (tertiary/aromatic N) is 2. The lowest BCUT2D eigenvalue weighted by Gasteiger charge is -2.21. The Balaban J connectivity index is 1.23. The largest absolute Gasteiger partial charge is 0.367 e. The number of aromatic nitrogens is 1. The van der Waals surface area contributed by atoms with E-state index in [9.17, 15) is 4.79 Å². The van der Waals surface area contributed by atoms with E-state index < -0.39 is 0 Å². The molecule has 0 saturated carbocycles. The number of carbonyl (C=O) groups is 1. The van der Waals surface area contributed by atoms with Crippen molar-refractivity contribution in [1.29, 1.82) is 0 Å². The fourth-order valence-corrected chi connectivity index (χ4v) is 5.03. The van der Waals surface area contributed by atoms with Crippen molar-refractivity contribution >= 4 is 28.6 Å². The summed E-state index contributed by atoms with van der Waals surface area (Å²) in [5.74, 6) is -0.0316. The van der Waals surface area contributed by atoms with Crippen molar-refractivity contribution in [3.63, 3.8) is 0 Å². The number of hydrogen-bond acceptors (Lipinski definition) is 4. The van der Waals surface area contributed by atoms with Crippen LogP contribution in [0.3, 0.4) is 0 Å². The maximum Gasteiger partial charge on any atom is 0.230 e. The molecule has 0 fully saturated rings. The van der Waals surface area contributed by atoms with E-state index in [2.05, 4.69) is 57.7 Å². The highest BCUT2D eigenvalue weighted by Gasteiger charge is 2.19. The van der Waals surface area contributed by atoms with E-state index in [1.54, 1.807) is 11.3 Å². The van der Waals surface area contributed by atoms with Crippen molar-refractivity contribution in [2.45, 2.75) is 25.8 Å². The average molecular weight is 440 g/mol. The van der Waals surface area contributed by atoms with Gasteiger partial charge < -0.3 is 10.2 Å². The molecule has 3 aromatic carbocycles. The topological polar surface area (TPSA) is 45.2 Å². The highest BCUT2D eigenvalue weighted by atomic mass is 32.1. The number of hydrogen-bond donors (Lipinski definition) is 1. The van der Waals surface area contributed by atoms with Crippen LogP contribution in [0.5, 0.6) is 0 Å². The van der Waals surface area contributed by atoms with Crippen molar-refractivity contribution in [2.75, 3.05) is 16.8 Å². The number of carbonyl (C=O) groups excluding carboxylic acids is 1. The first-order chi connectivity index (χ1) is 15.7. The van der Waals surface area contributed by atoms with Crippen LogP contribution in [-0.2, 0) is 30.6 Å². The Kier molecular flexibility index (Phi) is 5.99. The molecule has 5 heteroatoms. The zero-order chi connectivity index (χ0) is 21.8. The fourth-order valence-electron chi connectivity index (χ4n) is 4.20. The van der Waals surface area contributed by atoms with Crippen LogP contribution < -0.4 is 10.2 Å². The first kappa shape index (κ1) is 20.5. The molecule has 0 spiro atoms. The molecule has 1 aromatic heterocycles. The lowest BCUT2D eigenvalue weighted by molar-refractivity contribution is -0.115. The van der Waals surface area contributed by atoms with Crippen molar-refractivity contribution in [1.82, 2.24) is 4.98 Å². The van der Waals surface area contributed by atoms with Crippen molar-refractivity contribution < 1.29 is 4.79 Å². The first-order valence-corrected chi connectivity index (χ1v) is 11.8. The second kappa shape index (κ2) is 9.37. The molecule has 32 heavy (non-hydrogen) atoms. The summed E-state index contributed by atoms with van der Waals surface area (Å²) < 4.78 is 0. The molecule has 0 atom stereocenters. The number of rotatable bonds is 7. The normalized spacial score (nSPS) is 12.6. The second-order valence-electron chi connectivity index (χ2n) is 8.08. The van der Waals surface area contributed by atoms with Crippen LogP contribution in [0.15, 0.2) is 84.2 Å². The van der Waals surface area contributed by atoms with E-state index >= 15 is 0 Å². The van der Waals surface area contributed by atoms with Gasteiger partial charge in [-0.25, -0.2) is 4.98 Å². The molecule has 4 nitrogen and oxygen atoms in total. The van der Waals surface area contributed by atoms with Gasteiger partial charge in [0.2, 0.25) is 5.91 Å². The van der Waals surface area contributed by atoms with Gasteiger partial charge in [-0.3, -0.25) is 4.79 Å². The van der Waals surface area contributed by atoms with Crippen molar-refractivity contribution in [3.8, 4) is 0 Å². The highest BCUT2D eigenvalue weighted by molar-refractivity contribution is 7.09. The Morgan fingerprint density at radius 2 is 1.75 bits per heavy atom. The van der Waals surface area contributed by atoms with Gasteiger partial charge in [-0.05, 0) is 35.2 Å². The van der Waals surface area contributed by atoms with E-state index in [1.807, 2.05) is 41.8 Å². The lowest BCUT2D eigenvalue weighted by atomic mass is 10.1. The molecule has 0 unspecified atom stereocenters. The molecular formula is C27H25N3OS. The first-order valence-electron chi connectivity index (χ1n) is 10.9. The van der Waals surface area contributed by atoms with E-state index in [1.165, 1.54) is 16.8 Å². The fraction of sp³-hybridized carbons (Fsp3) is 0.185. The van der Waals surface area contributed by atoms with Crippen LogP contribution in [-0.4, -0.2) is 17.4 Å². The predicted octanol–water partition coefficient (Wildman–Crippen LogP) is 5.48. The molecule has 1 aliphatic rings. The summed E-state index contributed by atoms with van der Waals surface area (Å²) in [6, 6.07) is 26.9. The number of benzene rings is 3. The quantitative estimate of drug-likeness (QED) is 0.415. The summed E-state index contributed by atoms with van der Waals surface area (Å²) in [6.45, 7) is 1.79. The number of thiazole rings is 1. The van der Waals surface area contributed by atoms with E-state index in [0.29, 0.717) is 0 Å². The number of nitrogens with one attached hydrogen (secondary N) is 1. The van der Waals surface area contributed by atoms with Crippen LogP contribution in [0, 0.1) is 0 Å². The second-order valence-corrected chi connectivity index (χ2v) is 9.02. The Morgan fingerprint density at radius 3 is 2.66 bits per heavy atom. The van der Waals surface area contributed by atoms with Crippen LogP contribution >= 0.6 is 11.3 Å². The van der Waals surface area contributed by atoms with Crippen LogP contribution in [0.1, 0.15) is 27.4 Å². The van der Waals surface area contributed by atoms with Gasteiger partial charge in [0.25, 0.3) is 0 Å². The maximum atomic E-state index is 12.8. The lowest BCUT2D eigenvalue weighted by Crippen LogP contribution is -2.22. The minimum Gasteiger partial charge on any atom is -0.367 e. The molecular weight excluding hydrogens is 414 g/mol. The summed E-state index contributed by atoms with van der Waals surface area (Å²) in [6.07, 6.45) is 2.15. The Labute approximate surface area is 192 Å². The van der Waals surface area contributed by atoms with Crippen LogP contribution in [0.25, 0.3) is 0 Å². The molecule has 1 aliphatic heterocycles. The number of para-hydroxylation sites is 2. The molecule has 0 bridgehead atoms. The summed E-state index contributed by atoms with van der Waals surface area (Å²) >= 11 is 1.61. The monoisotopic (exact) mass is 439 g/mol. The molecule has 160 valence electrons. The smallest absolute Gasteiger partial charge is 0.230 e. The van der Waals surface area contributed by atoms with E-state index in [0.717, 1.165) is 47.9 Å². The summed E-state index contributed by atoms with van der Waals surface area (Å²) in [5.41, 5.74) is 6.74. The highest BCUT2D eigenvalue weighted by Crippen LogP contribution is 2.30. The SMILES string of the molecule is O=C(Cc1csc(Cc2ccccc2)n1)Nc1ccccc1CN1CCc2ccccc21. The predicted molar refractivity (Wildman–Crippen MR) is 131 cm³/mol. The van der Waals surface area contributed by atoms with Crippen LogP contribution in [0.2, 0.25) is 0 Å². The molecule has 5 rings (SSSR count). The zero-order valence-electron chi connectivity index (χ0n) is 17.8. The molecule has 2 heterocycles. The van der Waals surface area contributed by atoms with Gasteiger partial charge in [-0.2, -0.15) is 0 Å². The number of fused-ring (bicyclic) bond motifs is 1. The van der Waals surface area contributed by atoms with Gasteiger partial charge in [0.1, 0.15) is 0 Å². The molecule has 1 amide bonds. The van der Waals surface area contributed by atoms with Crippen LogP contribution in [0.4, 0.5) is 11.4 Å². The summed E-state index contributed by atoms with van der Waals surface area (Å²) in [4.78, 5) is 19.8. The van der Waals surface area contributed by atoms with E-state index in [4.69, 9.17) is 0 Å². The van der Waals surface area contributed by atoms with Crippen molar-refractivity contribution in [2.24, 2.45) is 0 Å². The zero-order valence-corrected chi connectivity index (χ0v) is 18.6. The van der Waals surface area contributed by atoms with Crippen molar-refractivity contribution in [3.05, 3.63) is 112 Å². The van der Waals surface area contributed by atoms with Gasteiger partial charge >= 0.3 is 0 Å². The molecule has 1 N–H and O–H groups in total. The third-order valence-electron chi connectivity index (χ3n) is 5.78. The van der Waals surface area contributed by atoms with Gasteiger partial charge in [0.05, 0.1) is 17.1 Å². The van der Waals surface area contributed by atoms with Gasteiger partial charge in [0, 0.05) is 36.3 Å².